The number of hydrogen-bond donors (Lipinski definition) is 1. The zero-order valence-corrected chi connectivity index (χ0v) is 13.7. The topological polar surface area (TPSA) is 63.4 Å². The summed E-state index contributed by atoms with van der Waals surface area (Å²) in [6, 6.07) is 7.37. The van der Waals surface area contributed by atoms with Gasteiger partial charge in [0.25, 0.3) is 5.91 Å². The molecule has 1 fully saturated rings. The minimum Gasteiger partial charge on any atom is -0.330 e. The maximum absolute atomic E-state index is 12.3. The molecule has 2 rings (SSSR count). The van der Waals surface area contributed by atoms with Crippen molar-refractivity contribution in [2.24, 2.45) is 11.7 Å². The first-order valence-corrected chi connectivity index (χ1v) is 6.95. The van der Waals surface area contributed by atoms with Crippen LogP contribution in [-0.4, -0.2) is 29.3 Å². The third-order valence-corrected chi connectivity index (χ3v) is 4.01. The Hall–Kier alpha value is -1.39. The highest BCUT2D eigenvalue weighted by molar-refractivity contribution is 6.09. The second kappa shape index (κ2) is 6.16. The molecule has 1 aromatic carbocycles. The Morgan fingerprint density at radius 3 is 2.14 bits per heavy atom. The molecular weight excluding hydrogens is 288 g/mol. The van der Waals surface area contributed by atoms with Gasteiger partial charge in [-0.1, -0.05) is 32.9 Å². The van der Waals surface area contributed by atoms with E-state index in [1.165, 1.54) is 4.90 Å². The van der Waals surface area contributed by atoms with E-state index in [1.807, 2.05) is 19.1 Å². The van der Waals surface area contributed by atoms with Crippen molar-refractivity contribution in [2.45, 2.75) is 39.2 Å². The summed E-state index contributed by atoms with van der Waals surface area (Å²) in [6.45, 7) is 8.53. The molecule has 1 saturated heterocycles. The predicted octanol–water partition coefficient (Wildman–Crippen LogP) is 2.35. The number of amides is 2. The average Bonchev–Trinajstić information content (AvgIpc) is 2.38. The fourth-order valence-corrected chi connectivity index (χ4v) is 2.52. The lowest BCUT2D eigenvalue weighted by molar-refractivity contribution is -0.148. The van der Waals surface area contributed by atoms with Crippen molar-refractivity contribution in [3.63, 3.8) is 0 Å². The maximum atomic E-state index is 12.3. The van der Waals surface area contributed by atoms with Crippen LogP contribution < -0.4 is 5.73 Å². The SMILES string of the molecule is C[C@H]1[C@H](CN)C(=O)N1C(=O)c1ccc(C(C)(C)C)cc1.Cl. The van der Waals surface area contributed by atoms with Crippen molar-refractivity contribution in [3.8, 4) is 0 Å². The van der Waals surface area contributed by atoms with Crippen LogP contribution in [0, 0.1) is 5.92 Å². The van der Waals surface area contributed by atoms with Gasteiger partial charge in [-0.2, -0.15) is 0 Å². The Morgan fingerprint density at radius 1 is 1.24 bits per heavy atom. The number of rotatable bonds is 2. The highest BCUT2D eigenvalue weighted by atomic mass is 35.5. The third-order valence-electron chi connectivity index (χ3n) is 4.01. The van der Waals surface area contributed by atoms with E-state index in [1.54, 1.807) is 12.1 Å². The lowest BCUT2D eigenvalue weighted by Gasteiger charge is -2.43. The molecule has 1 heterocycles. The molecule has 2 amide bonds. The molecule has 21 heavy (non-hydrogen) atoms. The van der Waals surface area contributed by atoms with Crippen molar-refractivity contribution in [1.29, 1.82) is 0 Å². The zero-order chi connectivity index (χ0) is 15.1. The number of nitrogens with two attached hydrogens (primary N) is 1. The zero-order valence-electron chi connectivity index (χ0n) is 12.9. The first-order chi connectivity index (χ1) is 9.27. The van der Waals surface area contributed by atoms with E-state index < -0.39 is 0 Å². The van der Waals surface area contributed by atoms with Gasteiger partial charge >= 0.3 is 0 Å². The number of carbonyl (C=O) groups excluding carboxylic acids is 2. The summed E-state index contributed by atoms with van der Waals surface area (Å²) in [5, 5.41) is 0. The summed E-state index contributed by atoms with van der Waals surface area (Å²) in [5.74, 6) is -0.606. The smallest absolute Gasteiger partial charge is 0.260 e. The van der Waals surface area contributed by atoms with Crippen molar-refractivity contribution in [2.75, 3.05) is 6.54 Å². The standard InChI is InChI=1S/C16H22N2O2.ClH/c1-10-13(9-17)15(20)18(10)14(19)11-5-7-12(8-6-11)16(2,3)4;/h5-8,10,13H,9,17H2,1-4H3;1H/t10-,13-;/m0./s1. The van der Waals surface area contributed by atoms with Crippen LogP contribution in [0.3, 0.4) is 0 Å². The van der Waals surface area contributed by atoms with E-state index >= 15 is 0 Å². The number of nitrogens with zero attached hydrogens (tertiary/aromatic N) is 1. The van der Waals surface area contributed by atoms with Gasteiger partial charge in [0.05, 0.1) is 12.0 Å². The first kappa shape index (κ1) is 17.7. The van der Waals surface area contributed by atoms with Gasteiger partial charge in [0.2, 0.25) is 5.91 Å². The molecule has 116 valence electrons. The first-order valence-electron chi connectivity index (χ1n) is 6.95. The van der Waals surface area contributed by atoms with Crippen LogP contribution in [-0.2, 0) is 10.2 Å². The van der Waals surface area contributed by atoms with Crippen molar-refractivity contribution in [1.82, 2.24) is 4.90 Å². The van der Waals surface area contributed by atoms with Gasteiger partial charge in [0.15, 0.2) is 0 Å². The van der Waals surface area contributed by atoms with Crippen LogP contribution in [0.5, 0.6) is 0 Å². The van der Waals surface area contributed by atoms with Crippen molar-refractivity contribution < 1.29 is 9.59 Å². The van der Waals surface area contributed by atoms with Crippen LogP contribution in [0.2, 0.25) is 0 Å². The molecule has 0 unspecified atom stereocenters. The number of benzene rings is 1. The summed E-state index contributed by atoms with van der Waals surface area (Å²) in [7, 11) is 0. The van der Waals surface area contributed by atoms with Gasteiger partial charge in [0, 0.05) is 12.1 Å². The Kier molecular flexibility index (Phi) is 5.18. The monoisotopic (exact) mass is 310 g/mol. The number of carbonyl (C=O) groups is 2. The van der Waals surface area contributed by atoms with Crippen molar-refractivity contribution in [3.05, 3.63) is 35.4 Å². The summed E-state index contributed by atoms with van der Waals surface area (Å²) >= 11 is 0. The molecule has 0 saturated carbocycles. The number of β-lactam (4-membered cyclic amide) rings is 1. The average molecular weight is 311 g/mol. The van der Waals surface area contributed by atoms with E-state index in [9.17, 15) is 9.59 Å². The molecule has 0 bridgehead atoms. The lowest BCUT2D eigenvalue weighted by atomic mass is 9.85. The molecule has 0 aromatic heterocycles. The summed E-state index contributed by atoms with van der Waals surface area (Å²) < 4.78 is 0. The Bertz CT molecular complexity index is 534. The van der Waals surface area contributed by atoms with Crippen LogP contribution in [0.4, 0.5) is 0 Å². The van der Waals surface area contributed by atoms with Crippen LogP contribution >= 0.6 is 12.4 Å². The quantitative estimate of drug-likeness (QED) is 0.673. The molecule has 0 spiro atoms. The fraction of sp³-hybridized carbons (Fsp3) is 0.500. The Morgan fingerprint density at radius 2 is 1.76 bits per heavy atom. The maximum Gasteiger partial charge on any atom is 0.260 e. The molecule has 1 aliphatic heterocycles. The normalized spacial score (nSPS) is 21.6. The number of imide groups is 1. The minimum atomic E-state index is -0.229. The van der Waals surface area contributed by atoms with Gasteiger partial charge < -0.3 is 5.73 Å². The molecule has 5 heteroatoms. The summed E-state index contributed by atoms with van der Waals surface area (Å²) in [4.78, 5) is 25.5. The Balaban J connectivity index is 0.00000220. The van der Waals surface area contributed by atoms with Crippen molar-refractivity contribution >= 4 is 24.2 Å². The van der Waals surface area contributed by atoms with Crippen LogP contribution in [0.1, 0.15) is 43.6 Å². The van der Waals surface area contributed by atoms with Gasteiger partial charge in [-0.3, -0.25) is 14.5 Å². The van der Waals surface area contributed by atoms with Crippen LogP contribution in [0.15, 0.2) is 24.3 Å². The largest absolute Gasteiger partial charge is 0.330 e. The summed E-state index contributed by atoms with van der Waals surface area (Å²) in [5.41, 5.74) is 7.29. The lowest BCUT2D eigenvalue weighted by Crippen LogP contribution is -2.63. The van der Waals surface area contributed by atoms with E-state index in [0.29, 0.717) is 12.1 Å². The van der Waals surface area contributed by atoms with E-state index in [2.05, 4.69) is 20.8 Å². The van der Waals surface area contributed by atoms with Gasteiger partial charge in [-0.25, -0.2) is 0 Å². The number of likely N-dealkylation sites (tertiary alicyclic amines) is 1. The van der Waals surface area contributed by atoms with E-state index in [0.717, 1.165) is 5.56 Å². The fourth-order valence-electron chi connectivity index (χ4n) is 2.52. The van der Waals surface area contributed by atoms with E-state index in [4.69, 9.17) is 5.73 Å². The molecule has 0 radical (unpaired) electrons. The molecule has 4 nitrogen and oxygen atoms in total. The molecule has 1 aliphatic rings. The molecule has 2 atom stereocenters. The summed E-state index contributed by atoms with van der Waals surface area (Å²) in [6.07, 6.45) is 0. The minimum absolute atomic E-state index is 0. The van der Waals surface area contributed by atoms with Crippen LogP contribution in [0.25, 0.3) is 0 Å². The molecule has 1 aromatic rings. The van der Waals surface area contributed by atoms with Gasteiger partial charge in [0.1, 0.15) is 0 Å². The number of halogens is 1. The highest BCUT2D eigenvalue weighted by Crippen LogP contribution is 2.28. The highest BCUT2D eigenvalue weighted by Gasteiger charge is 2.47. The van der Waals surface area contributed by atoms with Gasteiger partial charge in [-0.05, 0) is 30.0 Å². The second-order valence-electron chi connectivity index (χ2n) is 6.42. The van der Waals surface area contributed by atoms with Gasteiger partial charge in [-0.15, -0.1) is 12.4 Å². The Labute approximate surface area is 132 Å². The predicted molar refractivity (Wildman–Crippen MR) is 85.6 cm³/mol. The molecule has 0 aliphatic carbocycles. The molecular formula is C16H23ClN2O2. The third kappa shape index (κ3) is 3.11. The molecule has 2 N–H and O–H groups in total. The number of hydrogen-bond acceptors (Lipinski definition) is 3. The van der Waals surface area contributed by atoms with E-state index in [-0.39, 0.29) is 41.6 Å². The second-order valence-corrected chi connectivity index (χ2v) is 6.42.